The second-order valence-electron chi connectivity index (χ2n) is 9.47. The van der Waals surface area contributed by atoms with Crippen molar-refractivity contribution in [3.63, 3.8) is 0 Å². The second-order valence-corrected chi connectivity index (χ2v) is 9.47. The summed E-state index contributed by atoms with van der Waals surface area (Å²) in [5.41, 5.74) is 7.62. The monoisotopic (exact) mass is 477 g/mol. The lowest BCUT2D eigenvalue weighted by Crippen LogP contribution is -2.36. The summed E-state index contributed by atoms with van der Waals surface area (Å²) in [6.07, 6.45) is 8.05. The van der Waals surface area contributed by atoms with E-state index < -0.39 is 5.91 Å². The second kappa shape index (κ2) is 12.0. The Morgan fingerprint density at radius 2 is 1.77 bits per heavy atom. The van der Waals surface area contributed by atoms with Crippen molar-refractivity contribution in [2.24, 2.45) is 5.73 Å². The molecule has 3 heterocycles. The van der Waals surface area contributed by atoms with Gasteiger partial charge in [0.2, 0.25) is 5.95 Å². The van der Waals surface area contributed by atoms with Gasteiger partial charge >= 0.3 is 0 Å². The van der Waals surface area contributed by atoms with Gasteiger partial charge in [-0.05, 0) is 62.8 Å². The van der Waals surface area contributed by atoms with Gasteiger partial charge in [0, 0.05) is 31.9 Å². The number of rotatable bonds is 8. The number of nitrogens with two attached hydrogens (primary N) is 1. The Morgan fingerprint density at radius 3 is 2.40 bits per heavy atom. The predicted molar refractivity (Wildman–Crippen MR) is 136 cm³/mol. The van der Waals surface area contributed by atoms with E-state index in [9.17, 15) is 15.2 Å². The molecule has 0 bridgehead atoms. The van der Waals surface area contributed by atoms with E-state index in [0.29, 0.717) is 5.95 Å². The Bertz CT molecular complexity index is 1030. The fourth-order valence-electron chi connectivity index (χ4n) is 4.81. The highest BCUT2D eigenvalue weighted by atomic mass is 16.3. The van der Waals surface area contributed by atoms with Crippen LogP contribution >= 0.6 is 0 Å². The minimum atomic E-state index is -0.728. The number of nitriles is 1. The van der Waals surface area contributed by atoms with Gasteiger partial charge < -0.3 is 26.0 Å². The molecule has 2 aliphatic heterocycles. The largest absolute Gasteiger partial charge is 0.393 e. The van der Waals surface area contributed by atoms with E-state index in [1.54, 1.807) is 0 Å². The molecule has 4 N–H and O–H groups in total. The van der Waals surface area contributed by atoms with Crippen molar-refractivity contribution in [2.45, 2.75) is 57.5 Å². The first-order valence-corrected chi connectivity index (χ1v) is 12.7. The van der Waals surface area contributed by atoms with Crippen LogP contribution in [-0.2, 0) is 6.42 Å². The zero-order valence-corrected chi connectivity index (χ0v) is 20.2. The van der Waals surface area contributed by atoms with Gasteiger partial charge in [-0.25, -0.2) is 4.98 Å². The molecule has 1 aromatic heterocycles. The average Bonchev–Trinajstić information content (AvgIpc) is 3.15. The molecule has 1 amide bonds. The summed E-state index contributed by atoms with van der Waals surface area (Å²) in [7, 11) is 0. The fraction of sp³-hybridized carbons (Fsp3) is 0.538. The third-order valence-electron chi connectivity index (χ3n) is 6.85. The summed E-state index contributed by atoms with van der Waals surface area (Å²) in [6, 6.07) is 10.1. The van der Waals surface area contributed by atoms with Crippen LogP contribution in [0.25, 0.3) is 0 Å². The van der Waals surface area contributed by atoms with Crippen LogP contribution in [0.15, 0.2) is 24.3 Å². The lowest BCUT2D eigenvalue weighted by Gasteiger charge is -2.29. The number of carbonyl (C=O) groups excluding carboxylic acids is 1. The number of hydrogen-bond acceptors (Lipinski definition) is 8. The standard InChI is InChI=1S/C26H35N7O2/c27-18-22-23(24(28)35)25(31-26(30-22)33-14-3-1-2-4-15-33)29-20-9-7-19(8-10-20)6-5-13-32-16-11-21(34)12-17-32/h7-10,21,34H,1-6,11-17H2,(H2,28,35)(H,29,30,31). The molecule has 1 aromatic carbocycles. The molecule has 0 spiro atoms. The van der Waals surface area contributed by atoms with Gasteiger partial charge in [0.05, 0.1) is 6.10 Å². The molecular formula is C26H35N7O2. The number of piperidine rings is 1. The number of aromatic nitrogens is 2. The van der Waals surface area contributed by atoms with Gasteiger partial charge in [0.1, 0.15) is 17.5 Å². The van der Waals surface area contributed by atoms with E-state index in [1.807, 2.05) is 18.2 Å². The van der Waals surface area contributed by atoms with Crippen molar-refractivity contribution in [3.8, 4) is 6.07 Å². The van der Waals surface area contributed by atoms with Crippen molar-refractivity contribution >= 4 is 23.4 Å². The zero-order chi connectivity index (χ0) is 24.6. The smallest absolute Gasteiger partial charge is 0.255 e. The van der Waals surface area contributed by atoms with Crippen LogP contribution in [0.4, 0.5) is 17.5 Å². The quantitative estimate of drug-likeness (QED) is 0.529. The Hall–Kier alpha value is -3.22. The van der Waals surface area contributed by atoms with Crippen LogP contribution in [-0.4, -0.2) is 64.7 Å². The van der Waals surface area contributed by atoms with Gasteiger partial charge in [0.15, 0.2) is 5.69 Å². The number of amides is 1. The highest BCUT2D eigenvalue weighted by molar-refractivity contribution is 6.00. The number of likely N-dealkylation sites (tertiary alicyclic amines) is 1. The first kappa shape index (κ1) is 24.9. The zero-order valence-electron chi connectivity index (χ0n) is 20.2. The minimum absolute atomic E-state index is 0.00361. The van der Waals surface area contributed by atoms with Crippen LogP contribution in [0.5, 0.6) is 0 Å². The number of carbonyl (C=O) groups is 1. The number of aliphatic hydroxyl groups is 1. The third-order valence-corrected chi connectivity index (χ3v) is 6.85. The Kier molecular flexibility index (Phi) is 8.50. The Balaban J connectivity index is 1.44. The van der Waals surface area contributed by atoms with E-state index in [-0.39, 0.29) is 23.2 Å². The highest BCUT2D eigenvalue weighted by Gasteiger charge is 2.22. The van der Waals surface area contributed by atoms with Crippen LogP contribution in [0.3, 0.4) is 0 Å². The van der Waals surface area contributed by atoms with Gasteiger partial charge in [0.25, 0.3) is 5.91 Å². The Labute approximate surface area is 207 Å². The van der Waals surface area contributed by atoms with E-state index in [1.165, 1.54) is 18.4 Å². The maximum Gasteiger partial charge on any atom is 0.255 e. The summed E-state index contributed by atoms with van der Waals surface area (Å²) in [6.45, 7) is 4.62. The molecule has 0 unspecified atom stereocenters. The number of nitrogens with one attached hydrogen (secondary N) is 1. The maximum absolute atomic E-state index is 12.2. The molecule has 2 saturated heterocycles. The SMILES string of the molecule is N#Cc1nc(N2CCCCCC2)nc(Nc2ccc(CCCN3CCC(O)CC3)cc2)c1C(N)=O. The summed E-state index contributed by atoms with van der Waals surface area (Å²) in [5.74, 6) is -0.00514. The van der Waals surface area contributed by atoms with Crippen molar-refractivity contribution in [1.82, 2.24) is 14.9 Å². The number of aliphatic hydroxyl groups excluding tert-OH is 1. The van der Waals surface area contributed by atoms with Crippen molar-refractivity contribution in [3.05, 3.63) is 41.1 Å². The number of hydrogen-bond donors (Lipinski definition) is 3. The van der Waals surface area contributed by atoms with E-state index in [0.717, 1.165) is 76.9 Å². The van der Waals surface area contributed by atoms with Crippen molar-refractivity contribution in [1.29, 1.82) is 5.26 Å². The van der Waals surface area contributed by atoms with Crippen LogP contribution in [0.2, 0.25) is 0 Å². The molecule has 2 fully saturated rings. The summed E-state index contributed by atoms with van der Waals surface area (Å²) < 4.78 is 0. The lowest BCUT2D eigenvalue weighted by molar-refractivity contribution is 0.0821. The minimum Gasteiger partial charge on any atom is -0.393 e. The molecule has 35 heavy (non-hydrogen) atoms. The first-order chi connectivity index (χ1) is 17.0. The highest BCUT2D eigenvalue weighted by Crippen LogP contribution is 2.26. The fourth-order valence-corrected chi connectivity index (χ4v) is 4.81. The Morgan fingerprint density at radius 1 is 1.09 bits per heavy atom. The number of nitrogens with zero attached hydrogens (tertiary/aromatic N) is 5. The average molecular weight is 478 g/mol. The molecule has 186 valence electrons. The molecule has 2 aromatic rings. The van der Waals surface area contributed by atoms with Crippen LogP contribution < -0.4 is 16.0 Å². The summed E-state index contributed by atoms with van der Waals surface area (Å²) >= 11 is 0. The molecule has 0 saturated carbocycles. The number of benzene rings is 1. The topological polar surface area (TPSA) is 131 Å². The third kappa shape index (κ3) is 6.68. The predicted octanol–water partition coefficient (Wildman–Crippen LogP) is 2.96. The molecule has 9 heteroatoms. The molecule has 0 radical (unpaired) electrons. The summed E-state index contributed by atoms with van der Waals surface area (Å²) in [5, 5.41) is 22.5. The maximum atomic E-state index is 12.2. The number of primary amides is 1. The van der Waals surface area contributed by atoms with Gasteiger partial charge in [-0.3, -0.25) is 4.79 Å². The molecule has 0 atom stereocenters. The summed E-state index contributed by atoms with van der Waals surface area (Å²) in [4.78, 5) is 25.7. The van der Waals surface area contributed by atoms with E-state index in [4.69, 9.17) is 5.73 Å². The van der Waals surface area contributed by atoms with Crippen LogP contribution in [0, 0.1) is 11.3 Å². The van der Waals surface area contributed by atoms with Gasteiger partial charge in [-0.1, -0.05) is 25.0 Å². The van der Waals surface area contributed by atoms with Gasteiger partial charge in [-0.2, -0.15) is 10.2 Å². The first-order valence-electron chi connectivity index (χ1n) is 12.7. The van der Waals surface area contributed by atoms with Crippen LogP contribution in [0.1, 0.15) is 66.6 Å². The van der Waals surface area contributed by atoms with Crippen molar-refractivity contribution in [2.75, 3.05) is 42.9 Å². The lowest BCUT2D eigenvalue weighted by atomic mass is 10.1. The number of aryl methyl sites for hydroxylation is 1. The number of anilines is 3. The molecule has 9 nitrogen and oxygen atoms in total. The van der Waals surface area contributed by atoms with Gasteiger partial charge in [-0.15, -0.1) is 0 Å². The molecule has 2 aliphatic rings. The normalized spacial score (nSPS) is 17.5. The van der Waals surface area contributed by atoms with E-state index >= 15 is 0 Å². The van der Waals surface area contributed by atoms with E-state index in [2.05, 4.69) is 37.2 Å². The molecule has 0 aliphatic carbocycles. The molecule has 4 rings (SSSR count). The van der Waals surface area contributed by atoms with Crippen molar-refractivity contribution < 1.29 is 9.90 Å². The molecular weight excluding hydrogens is 442 g/mol.